The van der Waals surface area contributed by atoms with Crippen LogP contribution in [-0.4, -0.2) is 52.0 Å². The monoisotopic (exact) mass is 260 g/mol. The summed E-state index contributed by atoms with van der Waals surface area (Å²) in [7, 11) is 0. The van der Waals surface area contributed by atoms with Gasteiger partial charge in [-0.25, -0.2) is 14.5 Å². The van der Waals surface area contributed by atoms with E-state index in [0.29, 0.717) is 6.42 Å². The van der Waals surface area contributed by atoms with Gasteiger partial charge >= 0.3 is 12.0 Å². The van der Waals surface area contributed by atoms with Gasteiger partial charge in [-0.3, -0.25) is 4.79 Å². The molecule has 1 aliphatic heterocycles. The number of nitrogens with zero attached hydrogens (tertiary/aromatic N) is 1. The standard InChI is InChI=1S/C10H16N2O4S/c1-3-7(9(14)15)12-8(13)6(4-5-17-2)11-10(12)16/h6-7H,3-5H2,1-2H3,(H,11,16)(H,14,15). The van der Waals surface area contributed by atoms with Crippen molar-refractivity contribution in [2.45, 2.75) is 31.8 Å². The van der Waals surface area contributed by atoms with Crippen molar-refractivity contribution in [3.63, 3.8) is 0 Å². The third kappa shape index (κ3) is 2.91. The number of thioether (sulfide) groups is 1. The number of aliphatic carboxylic acids is 1. The van der Waals surface area contributed by atoms with Crippen molar-refractivity contribution in [2.24, 2.45) is 0 Å². The van der Waals surface area contributed by atoms with Crippen LogP contribution in [-0.2, 0) is 9.59 Å². The minimum Gasteiger partial charge on any atom is -0.480 e. The van der Waals surface area contributed by atoms with Gasteiger partial charge in [-0.15, -0.1) is 0 Å². The van der Waals surface area contributed by atoms with Crippen LogP contribution in [0.15, 0.2) is 0 Å². The van der Waals surface area contributed by atoms with E-state index in [9.17, 15) is 14.4 Å². The fourth-order valence-corrected chi connectivity index (χ4v) is 2.21. The molecule has 1 fully saturated rings. The molecule has 0 aliphatic carbocycles. The van der Waals surface area contributed by atoms with Crippen LogP contribution in [0.1, 0.15) is 19.8 Å². The van der Waals surface area contributed by atoms with E-state index >= 15 is 0 Å². The van der Waals surface area contributed by atoms with Gasteiger partial charge in [0.05, 0.1) is 0 Å². The van der Waals surface area contributed by atoms with Crippen LogP contribution in [0.4, 0.5) is 4.79 Å². The molecule has 2 N–H and O–H groups in total. The highest BCUT2D eigenvalue weighted by Crippen LogP contribution is 2.16. The number of carbonyl (C=O) groups is 3. The lowest BCUT2D eigenvalue weighted by molar-refractivity contribution is -0.146. The Morgan fingerprint density at radius 3 is 2.71 bits per heavy atom. The quantitative estimate of drug-likeness (QED) is 0.680. The second kappa shape index (κ2) is 5.90. The Labute approximate surface area is 104 Å². The van der Waals surface area contributed by atoms with Crippen molar-refractivity contribution in [3.05, 3.63) is 0 Å². The summed E-state index contributed by atoms with van der Waals surface area (Å²) in [5.74, 6) is -0.839. The fraction of sp³-hybridized carbons (Fsp3) is 0.700. The molecule has 0 radical (unpaired) electrons. The van der Waals surface area contributed by atoms with Crippen molar-refractivity contribution in [3.8, 4) is 0 Å². The maximum absolute atomic E-state index is 11.9. The highest BCUT2D eigenvalue weighted by Gasteiger charge is 2.43. The van der Waals surface area contributed by atoms with Crippen molar-refractivity contribution in [2.75, 3.05) is 12.0 Å². The summed E-state index contributed by atoms with van der Waals surface area (Å²) in [6.07, 6.45) is 2.65. The molecule has 0 aromatic carbocycles. The predicted molar refractivity (Wildman–Crippen MR) is 63.9 cm³/mol. The largest absolute Gasteiger partial charge is 0.480 e. The number of urea groups is 1. The average molecular weight is 260 g/mol. The Bertz CT molecular complexity index is 334. The summed E-state index contributed by atoms with van der Waals surface area (Å²) >= 11 is 1.58. The van der Waals surface area contributed by atoms with E-state index in [1.165, 1.54) is 0 Å². The lowest BCUT2D eigenvalue weighted by Gasteiger charge is -2.19. The van der Waals surface area contributed by atoms with Crippen molar-refractivity contribution < 1.29 is 19.5 Å². The Morgan fingerprint density at radius 1 is 1.59 bits per heavy atom. The number of imide groups is 1. The first-order chi connectivity index (χ1) is 8.02. The van der Waals surface area contributed by atoms with Crippen LogP contribution in [0.2, 0.25) is 0 Å². The second-order valence-corrected chi connectivity index (χ2v) is 4.74. The first-order valence-electron chi connectivity index (χ1n) is 5.38. The molecule has 1 rings (SSSR count). The summed E-state index contributed by atoms with van der Waals surface area (Å²) in [5, 5.41) is 11.5. The van der Waals surface area contributed by atoms with Crippen LogP contribution in [0, 0.1) is 0 Å². The van der Waals surface area contributed by atoms with Gasteiger partial charge in [0.25, 0.3) is 5.91 Å². The molecule has 6 nitrogen and oxygen atoms in total. The van der Waals surface area contributed by atoms with Gasteiger partial charge in [0.15, 0.2) is 0 Å². The van der Waals surface area contributed by atoms with Gasteiger partial charge in [0.1, 0.15) is 12.1 Å². The van der Waals surface area contributed by atoms with E-state index < -0.39 is 30.0 Å². The molecule has 0 spiro atoms. The summed E-state index contributed by atoms with van der Waals surface area (Å²) in [5.41, 5.74) is 0. The molecule has 1 saturated heterocycles. The number of hydrogen-bond acceptors (Lipinski definition) is 4. The van der Waals surface area contributed by atoms with Gasteiger partial charge in [-0.2, -0.15) is 11.8 Å². The normalized spacial score (nSPS) is 21.5. The zero-order valence-electron chi connectivity index (χ0n) is 9.80. The number of carboxylic acid groups (broad SMARTS) is 1. The third-order valence-corrected chi connectivity index (χ3v) is 3.29. The van der Waals surface area contributed by atoms with Gasteiger partial charge in [0, 0.05) is 0 Å². The topological polar surface area (TPSA) is 86.7 Å². The third-order valence-electron chi connectivity index (χ3n) is 2.65. The summed E-state index contributed by atoms with van der Waals surface area (Å²) < 4.78 is 0. The molecule has 0 bridgehead atoms. The lowest BCUT2D eigenvalue weighted by atomic mass is 10.1. The number of amides is 3. The predicted octanol–water partition coefficient (Wildman–Crippen LogP) is 0.523. The Kier molecular flexibility index (Phi) is 4.80. The Hall–Kier alpha value is -1.24. The summed E-state index contributed by atoms with van der Waals surface area (Å²) in [6.45, 7) is 1.63. The molecular weight excluding hydrogens is 244 g/mol. The molecular formula is C10H16N2O4S. The second-order valence-electron chi connectivity index (χ2n) is 3.75. The lowest BCUT2D eigenvalue weighted by Crippen LogP contribution is -2.45. The van der Waals surface area contributed by atoms with Gasteiger partial charge in [0.2, 0.25) is 0 Å². The first-order valence-corrected chi connectivity index (χ1v) is 6.77. The van der Waals surface area contributed by atoms with Crippen molar-refractivity contribution in [1.82, 2.24) is 10.2 Å². The number of hydrogen-bond donors (Lipinski definition) is 2. The van der Waals surface area contributed by atoms with Crippen LogP contribution >= 0.6 is 11.8 Å². The molecule has 0 aromatic rings. The van der Waals surface area contributed by atoms with E-state index in [2.05, 4.69) is 5.32 Å². The number of rotatable bonds is 6. The van der Waals surface area contributed by atoms with Gasteiger partial charge < -0.3 is 10.4 Å². The Morgan fingerprint density at radius 2 is 2.24 bits per heavy atom. The minimum atomic E-state index is -1.15. The zero-order valence-corrected chi connectivity index (χ0v) is 10.6. The van der Waals surface area contributed by atoms with E-state index in [1.807, 2.05) is 6.26 Å². The maximum Gasteiger partial charge on any atom is 0.326 e. The fourth-order valence-electron chi connectivity index (χ4n) is 1.74. The highest BCUT2D eigenvalue weighted by molar-refractivity contribution is 7.98. The van der Waals surface area contributed by atoms with Gasteiger partial charge in [-0.05, 0) is 24.9 Å². The van der Waals surface area contributed by atoms with Crippen molar-refractivity contribution in [1.29, 1.82) is 0 Å². The summed E-state index contributed by atoms with van der Waals surface area (Å²) in [6, 6.07) is -2.25. The molecule has 2 unspecified atom stereocenters. The minimum absolute atomic E-state index is 0.212. The van der Waals surface area contributed by atoms with E-state index in [-0.39, 0.29) is 6.42 Å². The van der Waals surface area contributed by atoms with Crippen LogP contribution < -0.4 is 5.32 Å². The summed E-state index contributed by atoms with van der Waals surface area (Å²) in [4.78, 5) is 35.3. The Balaban J connectivity index is 2.77. The van der Waals surface area contributed by atoms with E-state index in [0.717, 1.165) is 10.7 Å². The van der Waals surface area contributed by atoms with E-state index in [4.69, 9.17) is 5.11 Å². The van der Waals surface area contributed by atoms with Gasteiger partial charge in [-0.1, -0.05) is 6.92 Å². The molecule has 0 saturated carbocycles. The number of carboxylic acids is 1. The first kappa shape index (κ1) is 13.8. The number of carbonyl (C=O) groups excluding carboxylic acids is 2. The van der Waals surface area contributed by atoms with Crippen LogP contribution in [0.5, 0.6) is 0 Å². The van der Waals surface area contributed by atoms with E-state index in [1.54, 1.807) is 18.7 Å². The molecule has 1 aliphatic rings. The molecule has 2 atom stereocenters. The highest BCUT2D eigenvalue weighted by atomic mass is 32.2. The molecule has 3 amide bonds. The molecule has 1 heterocycles. The smallest absolute Gasteiger partial charge is 0.326 e. The molecule has 7 heteroatoms. The SMILES string of the molecule is CCC(C(=O)O)N1C(=O)NC(CCSC)C1=O. The maximum atomic E-state index is 11.9. The van der Waals surface area contributed by atoms with Crippen LogP contribution in [0.3, 0.4) is 0 Å². The molecule has 96 valence electrons. The van der Waals surface area contributed by atoms with Crippen molar-refractivity contribution >= 4 is 29.7 Å². The van der Waals surface area contributed by atoms with Crippen LogP contribution in [0.25, 0.3) is 0 Å². The molecule has 0 aromatic heterocycles. The number of nitrogens with one attached hydrogen (secondary N) is 1. The molecule has 17 heavy (non-hydrogen) atoms. The average Bonchev–Trinajstić information content (AvgIpc) is 2.54. The zero-order chi connectivity index (χ0) is 13.0.